The summed E-state index contributed by atoms with van der Waals surface area (Å²) in [6, 6.07) is 0.355. The van der Waals surface area contributed by atoms with E-state index >= 15 is 0 Å². The molecule has 0 aromatic carbocycles. The van der Waals surface area contributed by atoms with Crippen molar-refractivity contribution in [1.29, 1.82) is 0 Å². The molecule has 1 aromatic heterocycles. The zero-order valence-electron chi connectivity index (χ0n) is 17.4. The second-order valence-electron chi connectivity index (χ2n) is 9.47. The first-order chi connectivity index (χ1) is 13.1. The minimum absolute atomic E-state index is 0.355. The van der Waals surface area contributed by atoms with E-state index in [0.29, 0.717) is 17.5 Å². The Balaban J connectivity index is 1.41. The molecular weight excluding hydrogens is 336 g/mol. The Morgan fingerprint density at radius 3 is 2.37 bits per heavy atom. The van der Waals surface area contributed by atoms with Crippen LogP contribution in [-0.2, 0) is 13.6 Å². The lowest BCUT2D eigenvalue weighted by Gasteiger charge is -2.50. The van der Waals surface area contributed by atoms with Crippen LogP contribution in [0.2, 0.25) is 0 Å². The highest BCUT2D eigenvalue weighted by Gasteiger charge is 2.39. The van der Waals surface area contributed by atoms with E-state index in [0.717, 1.165) is 37.6 Å². The molecule has 2 heterocycles. The summed E-state index contributed by atoms with van der Waals surface area (Å²) in [5.41, 5.74) is 6.35. The molecule has 0 amide bonds. The fourth-order valence-electron chi connectivity index (χ4n) is 5.69. The van der Waals surface area contributed by atoms with Crippen molar-refractivity contribution >= 4 is 0 Å². The monoisotopic (exact) mass is 374 g/mol. The average Bonchev–Trinajstić information content (AvgIpc) is 3.00. The Kier molecular flexibility index (Phi) is 5.86. The van der Waals surface area contributed by atoms with Gasteiger partial charge in [0, 0.05) is 31.1 Å². The van der Waals surface area contributed by atoms with E-state index in [1.807, 2.05) is 0 Å². The van der Waals surface area contributed by atoms with Crippen LogP contribution in [0, 0.1) is 0 Å². The van der Waals surface area contributed by atoms with Crippen LogP contribution in [0.4, 0.5) is 0 Å². The predicted octanol–water partition coefficient (Wildman–Crippen LogP) is 2.64. The summed E-state index contributed by atoms with van der Waals surface area (Å²) in [6.45, 7) is 4.63. The number of nitrogens with two attached hydrogens (primary N) is 1. The fraction of sp³-hybridized carbons (Fsp3) is 0.905. The number of rotatable bonds is 6. The number of hydrogen-bond donors (Lipinski definition) is 1. The first-order valence-electron chi connectivity index (χ1n) is 11.1. The Morgan fingerprint density at radius 1 is 1.04 bits per heavy atom. The van der Waals surface area contributed by atoms with Crippen molar-refractivity contribution in [2.24, 2.45) is 12.8 Å². The predicted molar refractivity (Wildman–Crippen MR) is 109 cm³/mol. The van der Waals surface area contributed by atoms with Crippen LogP contribution >= 0.6 is 0 Å². The molecule has 1 aliphatic heterocycles. The van der Waals surface area contributed by atoms with E-state index in [9.17, 15) is 0 Å². The molecule has 6 nitrogen and oxygen atoms in total. The first kappa shape index (κ1) is 19.3. The Bertz CT molecular complexity index is 608. The molecule has 2 N–H and O–H groups in total. The summed E-state index contributed by atoms with van der Waals surface area (Å²) < 4.78 is 2.22. The van der Waals surface area contributed by atoms with Crippen molar-refractivity contribution in [2.75, 3.05) is 26.7 Å². The third-order valence-electron chi connectivity index (χ3n) is 7.33. The van der Waals surface area contributed by atoms with E-state index in [-0.39, 0.29) is 0 Å². The number of likely N-dealkylation sites (tertiary alicyclic amines) is 1. The van der Waals surface area contributed by atoms with E-state index in [1.165, 1.54) is 64.5 Å². The van der Waals surface area contributed by atoms with Gasteiger partial charge in [0.05, 0.1) is 6.54 Å². The van der Waals surface area contributed by atoms with E-state index in [2.05, 4.69) is 38.7 Å². The summed E-state index contributed by atoms with van der Waals surface area (Å²) in [6.07, 6.45) is 13.2. The molecule has 1 aromatic rings. The van der Waals surface area contributed by atoms with Crippen LogP contribution in [-0.4, -0.2) is 62.8 Å². The van der Waals surface area contributed by atoms with Gasteiger partial charge in [-0.15, -0.1) is 10.2 Å². The molecule has 27 heavy (non-hydrogen) atoms. The minimum Gasteiger partial charge on any atom is -0.328 e. The Morgan fingerprint density at radius 2 is 1.70 bits per heavy atom. The molecule has 4 rings (SSSR count). The van der Waals surface area contributed by atoms with Gasteiger partial charge in [0.15, 0.2) is 0 Å². The molecule has 0 radical (unpaired) electrons. The number of hydrogen-bond acceptors (Lipinski definition) is 5. The van der Waals surface area contributed by atoms with Crippen molar-refractivity contribution in [3.63, 3.8) is 0 Å². The lowest BCUT2D eigenvalue weighted by molar-refractivity contribution is 0.00726. The summed E-state index contributed by atoms with van der Waals surface area (Å²) in [5, 5.41) is 9.03. The average molecular weight is 375 g/mol. The second kappa shape index (κ2) is 8.18. The smallest absolute Gasteiger partial charge is 0.146 e. The molecule has 2 aliphatic carbocycles. The van der Waals surface area contributed by atoms with Gasteiger partial charge in [-0.05, 0) is 58.7 Å². The van der Waals surface area contributed by atoms with Crippen LogP contribution in [0.3, 0.4) is 0 Å². The Hall–Kier alpha value is -0.980. The van der Waals surface area contributed by atoms with Crippen LogP contribution in [0.25, 0.3) is 0 Å². The molecule has 0 unspecified atom stereocenters. The number of likely N-dealkylation sites (N-methyl/N-ethyl adjacent to an activating group) is 1. The first-order valence-corrected chi connectivity index (χ1v) is 11.1. The molecular formula is C21H38N6. The lowest BCUT2D eigenvalue weighted by Crippen LogP contribution is -2.57. The minimum atomic E-state index is 0.355. The van der Waals surface area contributed by atoms with Gasteiger partial charge in [-0.2, -0.15) is 0 Å². The quantitative estimate of drug-likeness (QED) is 0.829. The van der Waals surface area contributed by atoms with Crippen LogP contribution in [0.1, 0.15) is 81.8 Å². The van der Waals surface area contributed by atoms with Gasteiger partial charge in [0.2, 0.25) is 0 Å². The normalized spacial score (nSPS) is 29.0. The van der Waals surface area contributed by atoms with Crippen molar-refractivity contribution in [3.05, 3.63) is 11.6 Å². The molecule has 1 saturated heterocycles. The van der Waals surface area contributed by atoms with E-state index in [4.69, 9.17) is 5.73 Å². The zero-order chi connectivity index (χ0) is 18.9. The maximum absolute atomic E-state index is 5.96. The molecule has 6 heteroatoms. The molecule has 152 valence electrons. The molecule has 3 fully saturated rings. The second-order valence-corrected chi connectivity index (χ2v) is 9.47. The molecule has 0 atom stereocenters. The van der Waals surface area contributed by atoms with Crippen molar-refractivity contribution in [3.8, 4) is 0 Å². The standard InChI is InChI=1S/C21H38N6/c1-25(15-19-23-24-20(26(19)2)17-13-18(22)14-17)16-21(9-5-3-6-10-21)27-11-7-4-8-12-27/h17-18H,3-16,22H2,1-2H3. The number of aromatic nitrogens is 3. The third-order valence-corrected chi connectivity index (χ3v) is 7.33. The highest BCUT2D eigenvalue weighted by Crippen LogP contribution is 2.37. The van der Waals surface area contributed by atoms with Crippen molar-refractivity contribution in [1.82, 2.24) is 24.6 Å². The van der Waals surface area contributed by atoms with Crippen LogP contribution in [0.15, 0.2) is 0 Å². The van der Waals surface area contributed by atoms with Crippen molar-refractivity contribution < 1.29 is 0 Å². The van der Waals surface area contributed by atoms with Gasteiger partial charge in [0.25, 0.3) is 0 Å². The highest BCUT2D eigenvalue weighted by molar-refractivity contribution is 5.08. The van der Waals surface area contributed by atoms with Crippen LogP contribution < -0.4 is 5.73 Å². The van der Waals surface area contributed by atoms with Gasteiger partial charge in [-0.1, -0.05) is 25.7 Å². The molecule has 0 bridgehead atoms. The number of nitrogens with zero attached hydrogens (tertiary/aromatic N) is 5. The lowest BCUT2D eigenvalue weighted by atomic mass is 9.78. The molecule has 3 aliphatic rings. The summed E-state index contributed by atoms with van der Waals surface area (Å²) in [7, 11) is 4.40. The molecule has 2 saturated carbocycles. The largest absolute Gasteiger partial charge is 0.328 e. The third kappa shape index (κ3) is 4.08. The topological polar surface area (TPSA) is 63.2 Å². The fourth-order valence-corrected chi connectivity index (χ4v) is 5.69. The maximum Gasteiger partial charge on any atom is 0.146 e. The van der Waals surface area contributed by atoms with Crippen LogP contribution in [0.5, 0.6) is 0 Å². The van der Waals surface area contributed by atoms with Gasteiger partial charge >= 0.3 is 0 Å². The van der Waals surface area contributed by atoms with Gasteiger partial charge in [-0.25, -0.2) is 0 Å². The summed E-state index contributed by atoms with van der Waals surface area (Å²) in [5.74, 6) is 2.73. The van der Waals surface area contributed by atoms with E-state index < -0.39 is 0 Å². The van der Waals surface area contributed by atoms with Gasteiger partial charge in [0.1, 0.15) is 11.6 Å². The zero-order valence-corrected chi connectivity index (χ0v) is 17.4. The number of piperidine rings is 1. The summed E-state index contributed by atoms with van der Waals surface area (Å²) >= 11 is 0. The van der Waals surface area contributed by atoms with E-state index in [1.54, 1.807) is 0 Å². The SMILES string of the molecule is CN(Cc1nnc(C2CC(N)C2)n1C)CC1(N2CCCCC2)CCCCC1. The summed E-state index contributed by atoms with van der Waals surface area (Å²) in [4.78, 5) is 5.34. The van der Waals surface area contributed by atoms with Gasteiger partial charge < -0.3 is 10.3 Å². The highest BCUT2D eigenvalue weighted by atomic mass is 15.3. The maximum atomic E-state index is 5.96. The van der Waals surface area contributed by atoms with Crippen molar-refractivity contribution in [2.45, 2.75) is 88.3 Å². The Labute approximate surface area is 164 Å². The molecule has 0 spiro atoms. The van der Waals surface area contributed by atoms with Gasteiger partial charge in [-0.3, -0.25) is 9.80 Å².